The van der Waals surface area contributed by atoms with Crippen LogP contribution in [0.1, 0.15) is 64.2 Å². The first-order valence-electron chi connectivity index (χ1n) is 6.52. The van der Waals surface area contributed by atoms with Gasteiger partial charge < -0.3 is 0 Å². The second-order valence-electron chi connectivity index (χ2n) is 4.26. The monoisotopic (exact) mass is 232 g/mol. The zero-order valence-corrected chi connectivity index (χ0v) is 12.8. The molecule has 0 rings (SSSR count). The van der Waals surface area contributed by atoms with E-state index in [2.05, 4.69) is 12.6 Å². The Morgan fingerprint density at radius 2 is 0.929 bits per heavy atom. The molecule has 0 N–H and O–H groups in total. The van der Waals surface area contributed by atoms with Crippen LogP contribution in [-0.4, -0.2) is 16.0 Å². The summed E-state index contributed by atoms with van der Waals surface area (Å²) in [4.78, 5) is 0. The molecule has 0 radical (unpaired) electrons. The van der Waals surface area contributed by atoms with Gasteiger partial charge in [-0.05, 0) is 12.2 Å². The summed E-state index contributed by atoms with van der Waals surface area (Å²) in [6, 6.07) is 1.50. The topological polar surface area (TPSA) is 0 Å². The van der Waals surface area contributed by atoms with Crippen LogP contribution in [0.25, 0.3) is 0 Å². The maximum Gasteiger partial charge on any atom is 0.00279 e. The molecule has 0 aliphatic carbocycles. The van der Waals surface area contributed by atoms with E-state index in [9.17, 15) is 0 Å². The Bertz CT molecular complexity index is 84.3. The Kier molecular flexibility index (Phi) is 14.1. The average Bonchev–Trinajstić information content (AvgIpc) is 2.21. The largest absolute Gasteiger partial charge is 0.179 e. The first-order valence-corrected chi connectivity index (χ1v) is 8.57. The first-order chi connectivity index (χ1) is 6.91. The highest BCUT2D eigenvalue weighted by Gasteiger charge is 1.91. The number of unbranched alkanes of at least 4 members (excludes halogenated alkanes) is 9. The molecule has 0 atom stereocenters. The summed E-state index contributed by atoms with van der Waals surface area (Å²) in [6.07, 6.45) is 14.5. The molecular weight excluding hydrogens is 204 g/mol. The number of hydrogen-bond acceptors (Lipinski definition) is 1. The summed E-state index contributed by atoms with van der Waals surface area (Å²) in [6.45, 7) is 0. The molecule has 0 aliphatic heterocycles. The van der Waals surface area contributed by atoms with Gasteiger partial charge in [-0.1, -0.05) is 63.8 Å². The Morgan fingerprint density at radius 3 is 1.29 bits per heavy atom. The van der Waals surface area contributed by atoms with E-state index < -0.39 is 0 Å². The SMILES string of the molecule is [SiH3]CCCCCCCCCCCCS. The lowest BCUT2D eigenvalue weighted by molar-refractivity contribution is 0.563. The fraction of sp³-hybridized carbons (Fsp3) is 1.00. The predicted octanol–water partition coefficient (Wildman–Crippen LogP) is 3.60. The summed E-state index contributed by atoms with van der Waals surface area (Å²) < 4.78 is 0. The van der Waals surface area contributed by atoms with E-state index in [-0.39, 0.29) is 0 Å². The number of hydrogen-bond donors (Lipinski definition) is 1. The van der Waals surface area contributed by atoms with Crippen molar-refractivity contribution in [3.63, 3.8) is 0 Å². The molecule has 0 saturated heterocycles. The Balaban J connectivity index is 2.78. The third-order valence-electron chi connectivity index (χ3n) is 2.76. The molecule has 2 heteroatoms. The summed E-state index contributed by atoms with van der Waals surface area (Å²) in [7, 11) is 1.40. The van der Waals surface area contributed by atoms with Crippen LogP contribution in [0.4, 0.5) is 0 Å². The van der Waals surface area contributed by atoms with Gasteiger partial charge in [0.05, 0.1) is 0 Å². The van der Waals surface area contributed by atoms with Crippen molar-refractivity contribution in [2.45, 2.75) is 70.3 Å². The van der Waals surface area contributed by atoms with Crippen LogP contribution in [0, 0.1) is 0 Å². The van der Waals surface area contributed by atoms with Gasteiger partial charge in [-0.25, -0.2) is 0 Å². The molecule has 14 heavy (non-hydrogen) atoms. The van der Waals surface area contributed by atoms with E-state index in [1.54, 1.807) is 0 Å². The third kappa shape index (κ3) is 12.6. The zero-order chi connectivity index (χ0) is 10.5. The summed E-state index contributed by atoms with van der Waals surface area (Å²) in [5.41, 5.74) is 0. The van der Waals surface area contributed by atoms with Crippen LogP contribution >= 0.6 is 12.6 Å². The van der Waals surface area contributed by atoms with Crippen molar-refractivity contribution in [3.8, 4) is 0 Å². The van der Waals surface area contributed by atoms with Crippen molar-refractivity contribution < 1.29 is 0 Å². The van der Waals surface area contributed by atoms with Crippen molar-refractivity contribution in [3.05, 3.63) is 0 Å². The van der Waals surface area contributed by atoms with E-state index >= 15 is 0 Å². The maximum absolute atomic E-state index is 4.21. The molecule has 0 saturated carbocycles. The molecule has 0 amide bonds. The van der Waals surface area contributed by atoms with E-state index in [0.29, 0.717) is 0 Å². The van der Waals surface area contributed by atoms with Gasteiger partial charge in [0, 0.05) is 10.2 Å². The van der Waals surface area contributed by atoms with Gasteiger partial charge in [0.1, 0.15) is 0 Å². The van der Waals surface area contributed by atoms with Crippen LogP contribution in [0.5, 0.6) is 0 Å². The third-order valence-corrected chi connectivity index (χ3v) is 3.79. The predicted molar refractivity (Wildman–Crippen MR) is 74.8 cm³/mol. The molecule has 0 aromatic carbocycles. The Labute approximate surface area is 99.1 Å². The van der Waals surface area contributed by atoms with Gasteiger partial charge in [-0.3, -0.25) is 0 Å². The summed E-state index contributed by atoms with van der Waals surface area (Å²) >= 11 is 4.21. The quantitative estimate of drug-likeness (QED) is 0.314. The van der Waals surface area contributed by atoms with Crippen LogP contribution in [0.15, 0.2) is 0 Å². The van der Waals surface area contributed by atoms with Crippen molar-refractivity contribution in [2.75, 3.05) is 5.75 Å². The fourth-order valence-corrected chi connectivity index (χ4v) is 2.50. The van der Waals surface area contributed by atoms with Crippen LogP contribution in [0.2, 0.25) is 6.04 Å². The van der Waals surface area contributed by atoms with E-state index in [1.165, 1.54) is 80.5 Å². The molecule has 0 aromatic heterocycles. The lowest BCUT2D eigenvalue weighted by Gasteiger charge is -2.01. The second-order valence-corrected chi connectivity index (χ2v) is 5.71. The summed E-state index contributed by atoms with van der Waals surface area (Å²) in [5, 5.41) is 0. The molecule has 0 heterocycles. The van der Waals surface area contributed by atoms with Gasteiger partial charge >= 0.3 is 0 Å². The highest BCUT2D eigenvalue weighted by atomic mass is 32.1. The molecular formula is C12H28SSi. The van der Waals surface area contributed by atoms with Gasteiger partial charge in [0.2, 0.25) is 0 Å². The lowest BCUT2D eigenvalue weighted by atomic mass is 10.1. The highest BCUT2D eigenvalue weighted by molar-refractivity contribution is 7.80. The van der Waals surface area contributed by atoms with E-state index in [0.717, 1.165) is 5.75 Å². The molecule has 0 spiro atoms. The van der Waals surface area contributed by atoms with Gasteiger partial charge in [0.25, 0.3) is 0 Å². The van der Waals surface area contributed by atoms with Crippen molar-refractivity contribution in [2.24, 2.45) is 0 Å². The molecule has 0 aliphatic rings. The van der Waals surface area contributed by atoms with Gasteiger partial charge in [-0.15, -0.1) is 0 Å². The Hall–Kier alpha value is 0.567. The van der Waals surface area contributed by atoms with Crippen LogP contribution in [0.3, 0.4) is 0 Å². The van der Waals surface area contributed by atoms with Crippen LogP contribution in [-0.2, 0) is 0 Å². The van der Waals surface area contributed by atoms with Gasteiger partial charge in [0.15, 0.2) is 0 Å². The highest BCUT2D eigenvalue weighted by Crippen LogP contribution is 2.11. The average molecular weight is 233 g/mol. The van der Waals surface area contributed by atoms with E-state index in [1.807, 2.05) is 0 Å². The zero-order valence-electron chi connectivity index (χ0n) is 9.93. The Morgan fingerprint density at radius 1 is 0.571 bits per heavy atom. The minimum absolute atomic E-state index is 1.07. The lowest BCUT2D eigenvalue weighted by Crippen LogP contribution is -1.82. The molecule has 86 valence electrons. The standard InChI is InChI=1S/C12H28SSi/c13-11-9-7-5-3-1-2-4-6-8-10-12-14/h13H,1-12H2,14H3. The molecule has 0 nitrogen and oxygen atoms in total. The smallest absolute Gasteiger partial charge is 0.00279 e. The molecule has 0 fully saturated rings. The van der Waals surface area contributed by atoms with E-state index in [4.69, 9.17) is 0 Å². The minimum atomic E-state index is 1.07. The van der Waals surface area contributed by atoms with Crippen molar-refractivity contribution in [1.29, 1.82) is 0 Å². The number of thiol groups is 1. The first kappa shape index (κ1) is 14.6. The molecule has 0 aromatic rings. The number of rotatable bonds is 11. The maximum atomic E-state index is 4.21. The molecule has 0 unspecified atom stereocenters. The van der Waals surface area contributed by atoms with Crippen LogP contribution < -0.4 is 0 Å². The fourth-order valence-electron chi connectivity index (χ4n) is 1.78. The summed E-state index contributed by atoms with van der Waals surface area (Å²) in [5.74, 6) is 1.07. The normalized spacial score (nSPS) is 10.9. The van der Waals surface area contributed by atoms with Crippen molar-refractivity contribution in [1.82, 2.24) is 0 Å². The second kappa shape index (κ2) is 13.6. The van der Waals surface area contributed by atoms with Gasteiger partial charge in [-0.2, -0.15) is 12.6 Å². The minimum Gasteiger partial charge on any atom is -0.179 e. The molecule has 0 bridgehead atoms. The van der Waals surface area contributed by atoms with Crippen molar-refractivity contribution >= 4 is 22.9 Å².